The zero-order valence-corrected chi connectivity index (χ0v) is 16.1. The number of carbonyl (C=O) groups is 1. The standard InChI is InChI=1S/C20H28N2O3S/c23-20(17-2-1-3-18-19(17)25-11-10-24-18)21-14-15-4-8-22(9-5-15)16-6-12-26-13-7-16/h1-3,15-16H,4-14H2,(H,21,23). The molecule has 0 unspecified atom stereocenters. The molecule has 1 aromatic carbocycles. The van der Waals surface area contributed by atoms with E-state index in [1.54, 1.807) is 0 Å². The van der Waals surface area contributed by atoms with Crippen LogP contribution in [0.25, 0.3) is 0 Å². The summed E-state index contributed by atoms with van der Waals surface area (Å²) in [7, 11) is 0. The van der Waals surface area contributed by atoms with Crippen molar-refractivity contribution >= 4 is 17.7 Å². The summed E-state index contributed by atoms with van der Waals surface area (Å²) < 4.78 is 11.2. The number of thioether (sulfide) groups is 1. The first-order chi connectivity index (χ1) is 12.8. The van der Waals surface area contributed by atoms with Gasteiger partial charge in [-0.05, 0) is 68.3 Å². The minimum absolute atomic E-state index is 0.0564. The lowest BCUT2D eigenvalue weighted by Crippen LogP contribution is -2.45. The third-order valence-corrected chi connectivity index (χ3v) is 6.77. The number of benzene rings is 1. The van der Waals surface area contributed by atoms with Crippen LogP contribution in [0.15, 0.2) is 18.2 Å². The van der Waals surface area contributed by atoms with E-state index in [0.29, 0.717) is 36.2 Å². The normalized spacial score (nSPS) is 22.2. The van der Waals surface area contributed by atoms with Crippen molar-refractivity contribution in [1.29, 1.82) is 0 Å². The topological polar surface area (TPSA) is 50.8 Å². The fourth-order valence-corrected chi connectivity index (χ4v) is 5.24. The zero-order valence-electron chi connectivity index (χ0n) is 15.2. The first-order valence-corrected chi connectivity index (χ1v) is 11.0. The maximum absolute atomic E-state index is 12.6. The highest BCUT2D eigenvalue weighted by molar-refractivity contribution is 7.99. The maximum atomic E-state index is 12.6. The van der Waals surface area contributed by atoms with Gasteiger partial charge in [-0.2, -0.15) is 11.8 Å². The van der Waals surface area contributed by atoms with E-state index in [2.05, 4.69) is 22.0 Å². The lowest BCUT2D eigenvalue weighted by molar-refractivity contribution is 0.0910. The van der Waals surface area contributed by atoms with Gasteiger partial charge in [0.15, 0.2) is 11.5 Å². The molecule has 142 valence electrons. The highest BCUT2D eigenvalue weighted by Gasteiger charge is 2.27. The zero-order chi connectivity index (χ0) is 17.8. The fraction of sp³-hybridized carbons (Fsp3) is 0.650. The molecule has 1 N–H and O–H groups in total. The number of hydrogen-bond acceptors (Lipinski definition) is 5. The van der Waals surface area contributed by atoms with Crippen molar-refractivity contribution in [1.82, 2.24) is 10.2 Å². The van der Waals surface area contributed by atoms with Gasteiger partial charge in [-0.15, -0.1) is 0 Å². The second-order valence-electron chi connectivity index (χ2n) is 7.36. The summed E-state index contributed by atoms with van der Waals surface area (Å²) in [4.78, 5) is 15.3. The van der Waals surface area contributed by atoms with Gasteiger partial charge in [-0.1, -0.05) is 6.07 Å². The molecule has 3 heterocycles. The summed E-state index contributed by atoms with van der Waals surface area (Å²) in [5.41, 5.74) is 0.583. The molecule has 1 amide bonds. The van der Waals surface area contributed by atoms with Crippen LogP contribution in [0.4, 0.5) is 0 Å². The molecule has 0 spiro atoms. The van der Waals surface area contributed by atoms with Crippen LogP contribution < -0.4 is 14.8 Å². The molecule has 1 aromatic rings. The molecule has 5 nitrogen and oxygen atoms in total. The number of hydrogen-bond donors (Lipinski definition) is 1. The van der Waals surface area contributed by atoms with Crippen LogP contribution in [-0.2, 0) is 0 Å². The third kappa shape index (κ3) is 4.12. The Bertz CT molecular complexity index is 625. The number of carbonyl (C=O) groups excluding carboxylic acids is 1. The predicted molar refractivity (Wildman–Crippen MR) is 104 cm³/mol. The van der Waals surface area contributed by atoms with Crippen molar-refractivity contribution in [2.75, 3.05) is 44.4 Å². The van der Waals surface area contributed by atoms with E-state index in [0.717, 1.165) is 12.6 Å². The Hall–Kier alpha value is -1.40. The number of nitrogens with zero attached hydrogens (tertiary/aromatic N) is 1. The SMILES string of the molecule is O=C(NCC1CCN(C2CCSCC2)CC1)c1cccc2c1OCCO2. The minimum Gasteiger partial charge on any atom is -0.486 e. The molecule has 0 saturated carbocycles. The quantitative estimate of drug-likeness (QED) is 0.876. The highest BCUT2D eigenvalue weighted by Crippen LogP contribution is 2.33. The first-order valence-electron chi connectivity index (χ1n) is 9.80. The average Bonchev–Trinajstić information content (AvgIpc) is 2.72. The molecule has 4 rings (SSSR count). The minimum atomic E-state index is -0.0564. The van der Waals surface area contributed by atoms with E-state index in [1.807, 2.05) is 18.2 Å². The van der Waals surface area contributed by atoms with E-state index in [1.165, 1.54) is 50.3 Å². The van der Waals surface area contributed by atoms with Crippen molar-refractivity contribution in [2.24, 2.45) is 5.92 Å². The molecule has 6 heteroatoms. The Morgan fingerprint density at radius 3 is 2.69 bits per heavy atom. The second kappa shape index (κ2) is 8.53. The van der Waals surface area contributed by atoms with Gasteiger partial charge in [0.25, 0.3) is 5.91 Å². The molecule has 0 aliphatic carbocycles. The summed E-state index contributed by atoms with van der Waals surface area (Å²) in [5.74, 6) is 4.40. The van der Waals surface area contributed by atoms with Gasteiger partial charge < -0.3 is 19.7 Å². The Labute approximate surface area is 159 Å². The molecule has 0 bridgehead atoms. The summed E-state index contributed by atoms with van der Waals surface area (Å²) in [6.07, 6.45) is 5.04. The summed E-state index contributed by atoms with van der Waals surface area (Å²) >= 11 is 2.09. The van der Waals surface area contributed by atoms with E-state index in [4.69, 9.17) is 9.47 Å². The predicted octanol–water partition coefficient (Wildman–Crippen LogP) is 2.80. The Morgan fingerprint density at radius 1 is 1.12 bits per heavy atom. The summed E-state index contributed by atoms with van der Waals surface area (Å²) in [6.45, 7) is 4.13. The third-order valence-electron chi connectivity index (χ3n) is 5.72. The first kappa shape index (κ1) is 18.0. The van der Waals surface area contributed by atoms with E-state index in [-0.39, 0.29) is 5.91 Å². The number of para-hydroxylation sites is 1. The molecule has 0 aromatic heterocycles. The number of likely N-dealkylation sites (tertiary alicyclic amines) is 1. The van der Waals surface area contributed by atoms with Gasteiger partial charge in [0.05, 0.1) is 5.56 Å². The van der Waals surface area contributed by atoms with Gasteiger partial charge in [0.2, 0.25) is 0 Å². The van der Waals surface area contributed by atoms with Crippen molar-refractivity contribution in [3.63, 3.8) is 0 Å². The Morgan fingerprint density at radius 2 is 1.88 bits per heavy atom. The molecular weight excluding hydrogens is 348 g/mol. The molecule has 2 saturated heterocycles. The van der Waals surface area contributed by atoms with Crippen LogP contribution in [0.3, 0.4) is 0 Å². The van der Waals surface area contributed by atoms with Crippen LogP contribution in [0.2, 0.25) is 0 Å². The number of fused-ring (bicyclic) bond motifs is 1. The van der Waals surface area contributed by atoms with Crippen molar-refractivity contribution < 1.29 is 14.3 Å². The van der Waals surface area contributed by atoms with Crippen LogP contribution in [0.5, 0.6) is 11.5 Å². The fourth-order valence-electron chi connectivity index (χ4n) is 4.16. The van der Waals surface area contributed by atoms with Gasteiger partial charge >= 0.3 is 0 Å². The molecule has 3 aliphatic rings. The van der Waals surface area contributed by atoms with Gasteiger partial charge in [-0.25, -0.2) is 0 Å². The van der Waals surface area contributed by atoms with Crippen LogP contribution in [-0.4, -0.2) is 61.2 Å². The van der Waals surface area contributed by atoms with Gasteiger partial charge in [0, 0.05) is 12.6 Å². The summed E-state index contributed by atoms with van der Waals surface area (Å²) in [6, 6.07) is 6.31. The van der Waals surface area contributed by atoms with Crippen LogP contribution in [0, 0.1) is 5.92 Å². The second-order valence-corrected chi connectivity index (χ2v) is 8.59. The monoisotopic (exact) mass is 376 g/mol. The van der Waals surface area contributed by atoms with Crippen molar-refractivity contribution in [3.05, 3.63) is 23.8 Å². The molecular formula is C20H28N2O3S. The number of piperidine rings is 1. The van der Waals surface area contributed by atoms with Crippen molar-refractivity contribution in [3.8, 4) is 11.5 Å². The largest absolute Gasteiger partial charge is 0.486 e. The smallest absolute Gasteiger partial charge is 0.255 e. The molecule has 3 aliphatic heterocycles. The van der Waals surface area contributed by atoms with Gasteiger partial charge in [-0.3, -0.25) is 4.79 Å². The summed E-state index contributed by atoms with van der Waals surface area (Å²) in [5, 5.41) is 3.12. The van der Waals surface area contributed by atoms with Gasteiger partial charge in [0.1, 0.15) is 13.2 Å². The number of nitrogens with one attached hydrogen (secondary N) is 1. The molecule has 26 heavy (non-hydrogen) atoms. The van der Waals surface area contributed by atoms with Crippen LogP contribution >= 0.6 is 11.8 Å². The van der Waals surface area contributed by atoms with E-state index < -0.39 is 0 Å². The average molecular weight is 377 g/mol. The number of rotatable bonds is 4. The van der Waals surface area contributed by atoms with Crippen LogP contribution in [0.1, 0.15) is 36.0 Å². The Kier molecular flexibility index (Phi) is 5.90. The maximum Gasteiger partial charge on any atom is 0.255 e. The molecule has 0 atom stereocenters. The lowest BCUT2D eigenvalue weighted by Gasteiger charge is -2.39. The molecule has 0 radical (unpaired) electrons. The lowest BCUT2D eigenvalue weighted by atomic mass is 9.94. The number of ether oxygens (including phenoxy) is 2. The highest BCUT2D eigenvalue weighted by atomic mass is 32.2. The van der Waals surface area contributed by atoms with E-state index >= 15 is 0 Å². The molecule has 2 fully saturated rings. The van der Waals surface area contributed by atoms with Crippen molar-refractivity contribution in [2.45, 2.75) is 31.7 Å². The Balaban J connectivity index is 1.27. The number of amides is 1. The van der Waals surface area contributed by atoms with E-state index in [9.17, 15) is 4.79 Å².